The van der Waals surface area contributed by atoms with Crippen LogP contribution in [0.25, 0.3) is 11.4 Å². The lowest BCUT2D eigenvalue weighted by Crippen LogP contribution is -2.27. The SMILES string of the molecule is CC(C)(C)c1ccc(-c2n[nH]c(C3CCCCN3)n2)cc1. The lowest BCUT2D eigenvalue weighted by atomic mass is 9.87. The number of hydrogen-bond acceptors (Lipinski definition) is 3. The van der Waals surface area contributed by atoms with Crippen LogP contribution in [0.15, 0.2) is 24.3 Å². The summed E-state index contributed by atoms with van der Waals surface area (Å²) < 4.78 is 0. The predicted molar refractivity (Wildman–Crippen MR) is 85.1 cm³/mol. The van der Waals surface area contributed by atoms with Crippen LogP contribution in [0.4, 0.5) is 0 Å². The van der Waals surface area contributed by atoms with Crippen LogP contribution in [0, 0.1) is 0 Å². The third-order valence-corrected chi connectivity index (χ3v) is 4.15. The van der Waals surface area contributed by atoms with Crippen LogP contribution in [0.2, 0.25) is 0 Å². The maximum atomic E-state index is 4.67. The van der Waals surface area contributed by atoms with Crippen molar-refractivity contribution >= 4 is 0 Å². The molecule has 0 spiro atoms. The van der Waals surface area contributed by atoms with Gasteiger partial charge in [0.25, 0.3) is 0 Å². The summed E-state index contributed by atoms with van der Waals surface area (Å²) in [6.07, 6.45) is 3.65. The summed E-state index contributed by atoms with van der Waals surface area (Å²) in [5.41, 5.74) is 2.58. The predicted octanol–water partition coefficient (Wildman–Crippen LogP) is 3.58. The second kappa shape index (κ2) is 5.60. The van der Waals surface area contributed by atoms with Gasteiger partial charge in [0.2, 0.25) is 0 Å². The summed E-state index contributed by atoms with van der Waals surface area (Å²) in [4.78, 5) is 4.67. The van der Waals surface area contributed by atoms with E-state index >= 15 is 0 Å². The van der Waals surface area contributed by atoms with Gasteiger partial charge in [-0.25, -0.2) is 4.98 Å². The van der Waals surface area contributed by atoms with Crippen molar-refractivity contribution in [3.8, 4) is 11.4 Å². The van der Waals surface area contributed by atoms with Crippen LogP contribution >= 0.6 is 0 Å². The van der Waals surface area contributed by atoms with E-state index in [4.69, 9.17) is 0 Å². The van der Waals surface area contributed by atoms with Gasteiger partial charge >= 0.3 is 0 Å². The molecule has 1 saturated heterocycles. The van der Waals surface area contributed by atoms with Crippen LogP contribution < -0.4 is 5.32 Å². The number of nitrogens with zero attached hydrogens (tertiary/aromatic N) is 2. The van der Waals surface area contributed by atoms with Gasteiger partial charge in [-0.1, -0.05) is 51.5 Å². The molecule has 3 rings (SSSR count). The number of benzene rings is 1. The summed E-state index contributed by atoms with van der Waals surface area (Å²) in [7, 11) is 0. The number of hydrogen-bond donors (Lipinski definition) is 2. The van der Waals surface area contributed by atoms with Gasteiger partial charge in [-0.15, -0.1) is 0 Å². The fourth-order valence-corrected chi connectivity index (χ4v) is 2.76. The van der Waals surface area contributed by atoms with E-state index in [0.717, 1.165) is 30.2 Å². The van der Waals surface area contributed by atoms with Gasteiger partial charge in [0.1, 0.15) is 5.82 Å². The van der Waals surface area contributed by atoms with Gasteiger partial charge in [0, 0.05) is 5.56 Å². The van der Waals surface area contributed by atoms with Gasteiger partial charge < -0.3 is 5.32 Å². The molecular weight excluding hydrogens is 260 g/mol. The highest BCUT2D eigenvalue weighted by atomic mass is 15.2. The van der Waals surface area contributed by atoms with E-state index in [1.54, 1.807) is 0 Å². The number of aromatic amines is 1. The molecule has 0 radical (unpaired) electrons. The molecule has 0 saturated carbocycles. The van der Waals surface area contributed by atoms with Crippen molar-refractivity contribution in [1.82, 2.24) is 20.5 Å². The molecule has 1 aromatic heterocycles. The van der Waals surface area contributed by atoms with Gasteiger partial charge in [0.15, 0.2) is 5.82 Å². The number of aromatic nitrogens is 3. The van der Waals surface area contributed by atoms with E-state index < -0.39 is 0 Å². The molecule has 1 atom stereocenters. The maximum Gasteiger partial charge on any atom is 0.181 e. The summed E-state index contributed by atoms with van der Waals surface area (Å²) in [6, 6.07) is 8.90. The van der Waals surface area contributed by atoms with E-state index in [0.29, 0.717) is 6.04 Å². The third-order valence-electron chi connectivity index (χ3n) is 4.15. The van der Waals surface area contributed by atoms with E-state index in [2.05, 4.69) is 65.5 Å². The highest BCUT2D eigenvalue weighted by Gasteiger charge is 2.19. The highest BCUT2D eigenvalue weighted by Crippen LogP contribution is 2.26. The molecule has 1 aliphatic rings. The smallest absolute Gasteiger partial charge is 0.181 e. The fraction of sp³-hybridized carbons (Fsp3) is 0.529. The molecule has 4 heteroatoms. The number of rotatable bonds is 2. The Hall–Kier alpha value is -1.68. The Labute approximate surface area is 126 Å². The number of H-pyrrole nitrogens is 1. The van der Waals surface area contributed by atoms with Crippen molar-refractivity contribution in [3.05, 3.63) is 35.7 Å². The minimum atomic E-state index is 0.175. The van der Waals surface area contributed by atoms with Gasteiger partial charge in [-0.3, -0.25) is 5.10 Å². The average Bonchev–Trinajstić information content (AvgIpc) is 2.97. The molecule has 0 amide bonds. The monoisotopic (exact) mass is 284 g/mol. The molecule has 1 fully saturated rings. The van der Waals surface area contributed by atoms with Crippen LogP contribution in [0.1, 0.15) is 57.5 Å². The second-order valence-electron chi connectivity index (χ2n) is 6.87. The summed E-state index contributed by atoms with van der Waals surface area (Å²) in [5, 5.41) is 11.0. The summed E-state index contributed by atoms with van der Waals surface area (Å²) >= 11 is 0. The van der Waals surface area contributed by atoms with Crippen molar-refractivity contribution in [2.45, 2.75) is 51.5 Å². The van der Waals surface area contributed by atoms with Gasteiger partial charge in [-0.2, -0.15) is 5.10 Å². The molecule has 2 N–H and O–H groups in total. The molecule has 0 bridgehead atoms. The first kappa shape index (κ1) is 14.3. The normalized spacial score (nSPS) is 19.7. The molecular formula is C17H24N4. The summed E-state index contributed by atoms with van der Waals surface area (Å²) in [6.45, 7) is 7.74. The zero-order valence-electron chi connectivity index (χ0n) is 13.1. The molecule has 2 heterocycles. The molecule has 2 aromatic rings. The van der Waals surface area contributed by atoms with Crippen molar-refractivity contribution in [1.29, 1.82) is 0 Å². The van der Waals surface area contributed by atoms with E-state index in [9.17, 15) is 0 Å². The lowest BCUT2D eigenvalue weighted by Gasteiger charge is -2.20. The minimum Gasteiger partial charge on any atom is -0.307 e. The van der Waals surface area contributed by atoms with E-state index in [-0.39, 0.29) is 5.41 Å². The maximum absolute atomic E-state index is 4.67. The van der Waals surface area contributed by atoms with Gasteiger partial charge in [0.05, 0.1) is 6.04 Å². The van der Waals surface area contributed by atoms with Crippen molar-refractivity contribution in [2.24, 2.45) is 0 Å². The van der Waals surface area contributed by atoms with Crippen molar-refractivity contribution in [2.75, 3.05) is 6.54 Å². The fourth-order valence-electron chi connectivity index (χ4n) is 2.76. The average molecular weight is 284 g/mol. The standard InChI is InChI=1S/C17H24N4/c1-17(2,3)13-9-7-12(8-10-13)15-19-16(21-20-15)14-6-4-5-11-18-14/h7-10,14,18H,4-6,11H2,1-3H3,(H,19,20,21). The lowest BCUT2D eigenvalue weighted by molar-refractivity contribution is 0.398. The van der Waals surface area contributed by atoms with Crippen LogP contribution in [0.3, 0.4) is 0 Å². The number of nitrogens with one attached hydrogen (secondary N) is 2. The molecule has 4 nitrogen and oxygen atoms in total. The molecule has 1 unspecified atom stereocenters. The Morgan fingerprint density at radius 3 is 2.48 bits per heavy atom. The minimum absolute atomic E-state index is 0.175. The molecule has 1 aliphatic heterocycles. The van der Waals surface area contributed by atoms with Crippen molar-refractivity contribution < 1.29 is 0 Å². The quantitative estimate of drug-likeness (QED) is 0.886. The Bertz CT molecular complexity index is 586. The van der Waals surface area contributed by atoms with Crippen molar-refractivity contribution in [3.63, 3.8) is 0 Å². The van der Waals surface area contributed by atoms with E-state index in [1.165, 1.54) is 18.4 Å². The first-order valence-electron chi connectivity index (χ1n) is 7.80. The zero-order chi connectivity index (χ0) is 14.9. The first-order valence-corrected chi connectivity index (χ1v) is 7.80. The second-order valence-corrected chi connectivity index (χ2v) is 6.87. The molecule has 112 valence electrons. The van der Waals surface area contributed by atoms with E-state index in [1.807, 2.05) is 0 Å². The zero-order valence-corrected chi connectivity index (χ0v) is 13.1. The topological polar surface area (TPSA) is 53.6 Å². The highest BCUT2D eigenvalue weighted by molar-refractivity contribution is 5.55. The Kier molecular flexibility index (Phi) is 3.81. The number of piperidine rings is 1. The van der Waals surface area contributed by atoms with Gasteiger partial charge in [-0.05, 0) is 30.4 Å². The molecule has 1 aromatic carbocycles. The van der Waals surface area contributed by atoms with Crippen LogP contribution in [-0.4, -0.2) is 21.7 Å². The summed E-state index contributed by atoms with van der Waals surface area (Å²) in [5.74, 6) is 1.75. The molecule has 21 heavy (non-hydrogen) atoms. The third kappa shape index (κ3) is 3.16. The Balaban J connectivity index is 1.79. The largest absolute Gasteiger partial charge is 0.307 e. The molecule has 0 aliphatic carbocycles. The van der Waals surface area contributed by atoms with Crippen LogP contribution in [-0.2, 0) is 5.41 Å². The Morgan fingerprint density at radius 2 is 1.86 bits per heavy atom. The Morgan fingerprint density at radius 1 is 1.10 bits per heavy atom. The van der Waals surface area contributed by atoms with Crippen LogP contribution in [0.5, 0.6) is 0 Å². The first-order chi connectivity index (χ1) is 10.0.